The fourth-order valence-corrected chi connectivity index (χ4v) is 3.48. The molecule has 0 aromatic carbocycles. The minimum absolute atomic E-state index is 0.0928. The van der Waals surface area contributed by atoms with Gasteiger partial charge < -0.3 is 14.7 Å². The van der Waals surface area contributed by atoms with E-state index in [9.17, 15) is 14.7 Å². The average molecular weight is 395 g/mol. The molecule has 1 amide bonds. The molecular weight excluding hydrogens is 382 g/mol. The van der Waals surface area contributed by atoms with Crippen molar-refractivity contribution in [3.63, 3.8) is 0 Å². The zero-order valence-corrected chi connectivity index (χ0v) is 13.2. The molecule has 104 valence electrons. The number of morpholine rings is 1. The molecule has 0 bridgehead atoms. The second-order valence-electron chi connectivity index (χ2n) is 4.47. The summed E-state index contributed by atoms with van der Waals surface area (Å²) in [5.74, 6) is -0.406. The van der Waals surface area contributed by atoms with Crippen LogP contribution in [0.2, 0.25) is 0 Å². The highest BCUT2D eigenvalue weighted by atomic mass is 79.9. The molecule has 2 aliphatic rings. The molecule has 5 nitrogen and oxygen atoms in total. The number of amides is 1. The predicted octanol–water partition coefficient (Wildman–Crippen LogP) is 1.11. The Morgan fingerprint density at radius 3 is 2.37 bits per heavy atom. The van der Waals surface area contributed by atoms with Crippen molar-refractivity contribution in [2.45, 2.75) is 12.0 Å². The van der Waals surface area contributed by atoms with E-state index < -0.39 is 5.60 Å². The Morgan fingerprint density at radius 2 is 1.84 bits per heavy atom. The lowest BCUT2D eigenvalue weighted by atomic mass is 9.93. The summed E-state index contributed by atoms with van der Waals surface area (Å²) in [6, 6.07) is 0. The number of hydrogen-bond acceptors (Lipinski definition) is 4. The highest BCUT2D eigenvalue weighted by molar-refractivity contribution is 9.13. The van der Waals surface area contributed by atoms with Gasteiger partial charge >= 0.3 is 0 Å². The van der Waals surface area contributed by atoms with Crippen LogP contribution in [0.4, 0.5) is 0 Å². The standard InChI is InChI=1S/C12H13Br2NO4/c13-8-5-12(18,6-9(14)11(8)17)7-10(16)15-1-3-19-4-2-15/h5-6,18H,1-4,7H2. The SMILES string of the molecule is O=C1C(Br)=CC(O)(CC(=O)N2CCOCC2)C=C1Br. The van der Waals surface area contributed by atoms with E-state index in [2.05, 4.69) is 31.9 Å². The number of ketones is 1. The van der Waals surface area contributed by atoms with E-state index in [1.165, 1.54) is 12.2 Å². The molecule has 1 aliphatic carbocycles. The van der Waals surface area contributed by atoms with Gasteiger partial charge in [0, 0.05) is 13.1 Å². The van der Waals surface area contributed by atoms with E-state index in [0.717, 1.165) is 0 Å². The number of nitrogens with zero attached hydrogens (tertiary/aromatic N) is 1. The lowest BCUT2D eigenvalue weighted by Gasteiger charge is -2.31. The number of rotatable bonds is 2. The lowest BCUT2D eigenvalue weighted by Crippen LogP contribution is -2.44. The van der Waals surface area contributed by atoms with Gasteiger partial charge in [0.1, 0.15) is 5.60 Å². The molecule has 1 aliphatic heterocycles. The topological polar surface area (TPSA) is 66.8 Å². The molecule has 7 heteroatoms. The summed E-state index contributed by atoms with van der Waals surface area (Å²) in [7, 11) is 0. The van der Waals surface area contributed by atoms with Crippen LogP contribution in [0, 0.1) is 0 Å². The van der Waals surface area contributed by atoms with E-state index in [0.29, 0.717) is 26.3 Å². The van der Waals surface area contributed by atoms with Gasteiger partial charge in [-0.15, -0.1) is 0 Å². The van der Waals surface area contributed by atoms with Crippen molar-refractivity contribution in [3.05, 3.63) is 21.1 Å². The molecule has 1 saturated heterocycles. The van der Waals surface area contributed by atoms with Crippen molar-refractivity contribution < 1.29 is 19.4 Å². The van der Waals surface area contributed by atoms with Crippen LogP contribution in [0.3, 0.4) is 0 Å². The van der Waals surface area contributed by atoms with Crippen molar-refractivity contribution >= 4 is 43.6 Å². The Kier molecular flexibility index (Phi) is 4.60. The van der Waals surface area contributed by atoms with Crippen molar-refractivity contribution in [1.82, 2.24) is 4.90 Å². The number of Topliss-reactive ketones (excluding diaryl/α,β-unsaturated/α-hetero) is 1. The highest BCUT2D eigenvalue weighted by Crippen LogP contribution is 2.31. The van der Waals surface area contributed by atoms with Crippen LogP contribution in [-0.2, 0) is 14.3 Å². The summed E-state index contributed by atoms with van der Waals surface area (Å²) in [6.45, 7) is 2.09. The maximum absolute atomic E-state index is 12.1. The second kappa shape index (κ2) is 5.87. The van der Waals surface area contributed by atoms with Gasteiger partial charge in [-0.25, -0.2) is 0 Å². The first-order valence-electron chi connectivity index (χ1n) is 5.81. The molecule has 0 aromatic heterocycles. The minimum Gasteiger partial charge on any atom is -0.381 e. The van der Waals surface area contributed by atoms with E-state index in [1.54, 1.807) is 4.90 Å². The van der Waals surface area contributed by atoms with Crippen molar-refractivity contribution in [2.24, 2.45) is 0 Å². The molecule has 0 aromatic rings. The summed E-state index contributed by atoms with van der Waals surface area (Å²) >= 11 is 6.18. The number of aliphatic hydroxyl groups is 1. The molecule has 0 radical (unpaired) electrons. The van der Waals surface area contributed by atoms with Gasteiger partial charge in [0.05, 0.1) is 28.6 Å². The zero-order valence-electron chi connectivity index (χ0n) is 10.1. The van der Waals surface area contributed by atoms with Crippen molar-refractivity contribution in [3.8, 4) is 0 Å². The smallest absolute Gasteiger partial charge is 0.226 e. The summed E-state index contributed by atoms with van der Waals surface area (Å²) < 4.78 is 5.67. The Morgan fingerprint density at radius 1 is 1.32 bits per heavy atom. The van der Waals surface area contributed by atoms with Gasteiger partial charge in [-0.1, -0.05) is 0 Å². The molecule has 2 rings (SSSR count). The third-order valence-corrected chi connectivity index (χ3v) is 4.16. The summed E-state index contributed by atoms with van der Waals surface area (Å²) in [4.78, 5) is 25.3. The third kappa shape index (κ3) is 3.53. The van der Waals surface area contributed by atoms with Gasteiger partial charge in [0.25, 0.3) is 0 Å². The number of hydrogen-bond donors (Lipinski definition) is 1. The predicted molar refractivity (Wildman–Crippen MR) is 76.0 cm³/mol. The Bertz CT molecular complexity index is 444. The monoisotopic (exact) mass is 393 g/mol. The van der Waals surface area contributed by atoms with E-state index in [4.69, 9.17) is 4.74 Å². The number of carbonyl (C=O) groups excluding carboxylic acids is 2. The zero-order chi connectivity index (χ0) is 14.0. The number of halogens is 2. The van der Waals surface area contributed by atoms with E-state index in [-0.39, 0.29) is 27.1 Å². The largest absolute Gasteiger partial charge is 0.381 e. The second-order valence-corrected chi connectivity index (χ2v) is 6.18. The Balaban J connectivity index is 2.09. The fourth-order valence-electron chi connectivity index (χ4n) is 1.99. The fraction of sp³-hybridized carbons (Fsp3) is 0.500. The number of ether oxygens (including phenoxy) is 1. The number of allylic oxidation sites excluding steroid dienone is 2. The maximum Gasteiger partial charge on any atom is 0.226 e. The van der Waals surface area contributed by atoms with Crippen LogP contribution in [0.1, 0.15) is 6.42 Å². The molecule has 1 fully saturated rings. The van der Waals surface area contributed by atoms with Crippen molar-refractivity contribution in [1.29, 1.82) is 0 Å². The quantitative estimate of drug-likeness (QED) is 0.761. The molecular formula is C12H13Br2NO4. The normalized spacial score (nSPS) is 22.9. The van der Waals surface area contributed by atoms with Crippen LogP contribution in [-0.4, -0.2) is 53.6 Å². The summed E-state index contributed by atoms with van der Waals surface area (Å²) in [5.41, 5.74) is -1.44. The molecule has 0 spiro atoms. The van der Waals surface area contributed by atoms with E-state index >= 15 is 0 Å². The molecule has 0 unspecified atom stereocenters. The van der Waals surface area contributed by atoms with Crippen LogP contribution in [0.25, 0.3) is 0 Å². The molecule has 1 heterocycles. The molecule has 19 heavy (non-hydrogen) atoms. The first-order valence-corrected chi connectivity index (χ1v) is 7.39. The van der Waals surface area contributed by atoms with Crippen LogP contribution in [0.15, 0.2) is 21.1 Å². The van der Waals surface area contributed by atoms with E-state index in [1.807, 2.05) is 0 Å². The average Bonchev–Trinajstić information content (AvgIpc) is 2.36. The Labute approximate surface area is 127 Å². The lowest BCUT2D eigenvalue weighted by molar-refractivity contribution is -0.138. The van der Waals surface area contributed by atoms with Crippen molar-refractivity contribution in [2.75, 3.05) is 26.3 Å². The summed E-state index contributed by atoms with van der Waals surface area (Å²) in [5, 5.41) is 10.4. The van der Waals surface area contributed by atoms with Crippen LogP contribution < -0.4 is 0 Å². The minimum atomic E-state index is -1.44. The summed E-state index contributed by atoms with van der Waals surface area (Å²) in [6.07, 6.45) is 2.63. The third-order valence-electron chi connectivity index (χ3n) is 2.99. The highest BCUT2D eigenvalue weighted by Gasteiger charge is 2.34. The van der Waals surface area contributed by atoms with Gasteiger partial charge in [-0.05, 0) is 44.0 Å². The Hall–Kier alpha value is -0.500. The van der Waals surface area contributed by atoms with Crippen LogP contribution >= 0.6 is 31.9 Å². The number of carbonyl (C=O) groups is 2. The molecule has 1 N–H and O–H groups in total. The van der Waals surface area contributed by atoms with Crippen LogP contribution in [0.5, 0.6) is 0 Å². The first-order chi connectivity index (χ1) is 8.91. The molecule has 0 atom stereocenters. The van der Waals surface area contributed by atoms with Gasteiger partial charge in [-0.3, -0.25) is 9.59 Å². The van der Waals surface area contributed by atoms with Gasteiger partial charge in [-0.2, -0.15) is 0 Å². The maximum atomic E-state index is 12.1. The van der Waals surface area contributed by atoms with Gasteiger partial charge in [0.15, 0.2) is 0 Å². The molecule has 0 saturated carbocycles. The first kappa shape index (κ1) is 14.9. The van der Waals surface area contributed by atoms with Gasteiger partial charge in [0.2, 0.25) is 11.7 Å².